The highest BCUT2D eigenvalue weighted by atomic mass is 32.1. The lowest BCUT2D eigenvalue weighted by atomic mass is 10.0. The molecule has 160 valence electrons. The van der Waals surface area contributed by atoms with Crippen molar-refractivity contribution in [1.29, 1.82) is 0 Å². The number of hydrogen-bond acceptors (Lipinski definition) is 6. The van der Waals surface area contributed by atoms with E-state index in [-0.39, 0.29) is 11.6 Å². The second-order valence-electron chi connectivity index (χ2n) is 6.68. The van der Waals surface area contributed by atoms with E-state index in [1.165, 1.54) is 11.3 Å². The van der Waals surface area contributed by atoms with Gasteiger partial charge in [0.15, 0.2) is 5.82 Å². The number of hydrogen-bond donors (Lipinski definition) is 5. The number of nitrogens with one attached hydrogen (secondary N) is 1. The Hall–Kier alpha value is -2.42. The molecule has 9 nitrogen and oxygen atoms in total. The van der Waals surface area contributed by atoms with E-state index < -0.39 is 20.7 Å². The van der Waals surface area contributed by atoms with E-state index in [4.69, 9.17) is 0 Å². The summed E-state index contributed by atoms with van der Waals surface area (Å²) in [5.41, 5.74) is 0.138. The number of aromatic nitrogens is 2. The average Bonchev–Trinajstić information content (AvgIpc) is 3.20. The Morgan fingerprint density at radius 3 is 2.13 bits per heavy atom. The maximum atomic E-state index is 11.7. The van der Waals surface area contributed by atoms with E-state index in [0.717, 1.165) is 11.1 Å². The molecule has 0 aliphatic rings. The van der Waals surface area contributed by atoms with Crippen LogP contribution >= 0.6 is 26.5 Å². The van der Waals surface area contributed by atoms with Crippen LogP contribution in [0.2, 0.25) is 0 Å². The lowest BCUT2D eigenvalue weighted by Crippen LogP contribution is -2.21. The zero-order valence-corrected chi connectivity index (χ0v) is 18.3. The standard InChI is InChI=1S/C19H17N3O6P2S/c23-29(24,25)19(30(26,27)28)22-17-15-9-10-31-18(15)21-16(20-17)14-8-4-7-13(11-14)12-5-2-1-3-6-12/h1-11,19H,(H,20,21,22)(H2,23,24,25)(H2,26,27,28). The van der Waals surface area contributed by atoms with Crippen LogP contribution in [-0.4, -0.2) is 35.1 Å². The van der Waals surface area contributed by atoms with Gasteiger partial charge in [-0.2, -0.15) is 0 Å². The maximum absolute atomic E-state index is 11.7. The Kier molecular flexibility index (Phi) is 5.81. The van der Waals surface area contributed by atoms with Crippen LogP contribution in [0.25, 0.3) is 32.7 Å². The highest BCUT2D eigenvalue weighted by molar-refractivity contribution is 7.71. The van der Waals surface area contributed by atoms with Gasteiger partial charge in [-0.05, 0) is 28.6 Å². The van der Waals surface area contributed by atoms with Gasteiger partial charge in [-0.1, -0.05) is 48.5 Å². The summed E-state index contributed by atoms with van der Waals surface area (Å²) in [7, 11) is -10.4. The second-order valence-corrected chi connectivity index (χ2v) is 11.4. The van der Waals surface area contributed by atoms with Crippen LogP contribution in [0, 0.1) is 0 Å². The summed E-state index contributed by atoms with van der Waals surface area (Å²) in [6.07, 6.45) is 0. The van der Waals surface area contributed by atoms with Gasteiger partial charge in [0, 0.05) is 5.56 Å². The Balaban J connectivity index is 1.82. The fourth-order valence-corrected chi connectivity index (χ4v) is 5.96. The van der Waals surface area contributed by atoms with E-state index in [2.05, 4.69) is 15.3 Å². The molecule has 0 radical (unpaired) electrons. The first-order valence-corrected chi connectivity index (χ1v) is 13.2. The minimum Gasteiger partial charge on any atom is -0.346 e. The van der Waals surface area contributed by atoms with Gasteiger partial charge in [-0.3, -0.25) is 9.13 Å². The normalized spacial score (nSPS) is 12.4. The maximum Gasteiger partial charge on any atom is 0.360 e. The van der Waals surface area contributed by atoms with Gasteiger partial charge >= 0.3 is 15.2 Å². The van der Waals surface area contributed by atoms with E-state index in [0.29, 0.717) is 15.8 Å². The van der Waals surface area contributed by atoms with Crippen LogP contribution in [0.5, 0.6) is 0 Å². The summed E-state index contributed by atoms with van der Waals surface area (Å²) < 4.78 is 23.4. The average molecular weight is 477 g/mol. The van der Waals surface area contributed by atoms with Crippen molar-refractivity contribution in [2.45, 2.75) is 5.52 Å². The van der Waals surface area contributed by atoms with Crippen LogP contribution in [0.4, 0.5) is 5.82 Å². The Bertz CT molecular complexity index is 1310. The molecule has 0 spiro atoms. The third kappa shape index (κ3) is 4.76. The number of rotatable bonds is 6. The lowest BCUT2D eigenvalue weighted by Gasteiger charge is -2.21. The van der Waals surface area contributed by atoms with Crippen LogP contribution in [0.1, 0.15) is 0 Å². The van der Waals surface area contributed by atoms with Gasteiger partial charge in [0.25, 0.3) is 0 Å². The molecule has 0 unspecified atom stereocenters. The number of nitrogens with zero attached hydrogens (tertiary/aromatic N) is 2. The molecule has 0 atom stereocenters. The Morgan fingerprint density at radius 1 is 0.806 bits per heavy atom. The third-order valence-corrected chi connectivity index (χ3v) is 8.60. The van der Waals surface area contributed by atoms with Crippen LogP contribution < -0.4 is 5.32 Å². The molecule has 2 aromatic carbocycles. The smallest absolute Gasteiger partial charge is 0.346 e. The molecular formula is C19H17N3O6P2S. The van der Waals surface area contributed by atoms with Crippen molar-refractivity contribution in [3.63, 3.8) is 0 Å². The minimum absolute atomic E-state index is 0.0667. The van der Waals surface area contributed by atoms with Gasteiger partial charge in [-0.25, -0.2) is 9.97 Å². The summed E-state index contributed by atoms with van der Waals surface area (Å²) in [5, 5.41) is 4.38. The van der Waals surface area contributed by atoms with Gasteiger partial charge in [-0.15, -0.1) is 11.3 Å². The zero-order valence-electron chi connectivity index (χ0n) is 15.7. The summed E-state index contributed by atoms with van der Waals surface area (Å²) in [6, 6.07) is 18.7. The van der Waals surface area contributed by atoms with Crippen molar-refractivity contribution >= 4 is 42.6 Å². The number of anilines is 1. The number of fused-ring (bicyclic) bond motifs is 1. The van der Waals surface area contributed by atoms with Crippen LogP contribution in [0.15, 0.2) is 66.0 Å². The minimum atomic E-state index is -5.19. The van der Waals surface area contributed by atoms with Gasteiger partial charge in [0.05, 0.1) is 5.39 Å². The molecule has 0 fully saturated rings. The van der Waals surface area contributed by atoms with Crippen molar-refractivity contribution in [3.05, 3.63) is 66.0 Å². The Labute approximate surface area is 180 Å². The first-order chi connectivity index (χ1) is 14.6. The molecule has 0 aliphatic heterocycles. The highest BCUT2D eigenvalue weighted by Crippen LogP contribution is 2.59. The van der Waals surface area contributed by atoms with Crippen molar-refractivity contribution in [1.82, 2.24) is 9.97 Å². The van der Waals surface area contributed by atoms with E-state index in [9.17, 15) is 28.7 Å². The summed E-state index contributed by atoms with van der Waals surface area (Å²) >= 11 is 1.27. The van der Waals surface area contributed by atoms with Crippen LogP contribution in [-0.2, 0) is 9.13 Å². The van der Waals surface area contributed by atoms with Crippen molar-refractivity contribution in [2.75, 3.05) is 5.32 Å². The van der Waals surface area contributed by atoms with E-state index in [1.807, 2.05) is 48.5 Å². The molecule has 0 amide bonds. The third-order valence-electron chi connectivity index (χ3n) is 4.46. The molecule has 0 saturated heterocycles. The Morgan fingerprint density at radius 2 is 1.45 bits per heavy atom. The van der Waals surface area contributed by atoms with Gasteiger partial charge in [0.1, 0.15) is 10.6 Å². The second kappa shape index (κ2) is 8.26. The first kappa shape index (κ1) is 21.8. The molecule has 2 heterocycles. The molecule has 4 aromatic rings. The summed E-state index contributed by atoms with van der Waals surface area (Å²) in [5.74, 6) is 0.188. The van der Waals surface area contributed by atoms with Crippen molar-refractivity contribution in [3.8, 4) is 22.5 Å². The van der Waals surface area contributed by atoms with Crippen molar-refractivity contribution < 1.29 is 28.7 Å². The molecule has 0 saturated carbocycles. The summed E-state index contributed by atoms with van der Waals surface area (Å²) in [6.45, 7) is 0. The van der Waals surface area contributed by atoms with Crippen molar-refractivity contribution in [2.24, 2.45) is 0 Å². The molecule has 31 heavy (non-hydrogen) atoms. The molecular weight excluding hydrogens is 460 g/mol. The highest BCUT2D eigenvalue weighted by Gasteiger charge is 2.44. The largest absolute Gasteiger partial charge is 0.360 e. The molecule has 0 aliphatic carbocycles. The molecule has 2 aromatic heterocycles. The fourth-order valence-electron chi connectivity index (χ4n) is 3.05. The first-order valence-electron chi connectivity index (χ1n) is 8.91. The molecule has 12 heteroatoms. The zero-order chi connectivity index (χ0) is 22.2. The monoisotopic (exact) mass is 477 g/mol. The van der Waals surface area contributed by atoms with E-state index >= 15 is 0 Å². The van der Waals surface area contributed by atoms with E-state index in [1.54, 1.807) is 17.5 Å². The quantitative estimate of drug-likeness (QED) is 0.259. The number of benzene rings is 2. The van der Waals surface area contributed by atoms with Gasteiger partial charge < -0.3 is 24.9 Å². The molecule has 4 rings (SSSR count). The lowest BCUT2D eigenvalue weighted by molar-refractivity contribution is 0.343. The molecule has 5 N–H and O–H groups in total. The van der Waals surface area contributed by atoms with Gasteiger partial charge in [0.2, 0.25) is 5.52 Å². The predicted octanol–water partition coefficient (Wildman–Crippen LogP) is 4.08. The summed E-state index contributed by atoms with van der Waals surface area (Å²) in [4.78, 5) is 47.2. The number of thiophene rings is 1. The molecule has 0 bridgehead atoms. The topological polar surface area (TPSA) is 153 Å². The predicted molar refractivity (Wildman–Crippen MR) is 120 cm³/mol. The van der Waals surface area contributed by atoms with Crippen LogP contribution in [0.3, 0.4) is 0 Å². The fraction of sp³-hybridized carbons (Fsp3) is 0.0526. The SMILES string of the molecule is O=P(O)(O)C(Nc1nc(-c2cccc(-c3ccccc3)c2)nc2sccc12)P(=O)(O)O.